The summed E-state index contributed by atoms with van der Waals surface area (Å²) in [4.78, 5) is 5.94. The largest absolute Gasteiger partial charge is 0.435 e. The third-order valence-electron chi connectivity index (χ3n) is 2.92. The molecule has 2 N–H and O–H groups in total. The fraction of sp³-hybridized carbons (Fsp3) is 0.500. The second kappa shape index (κ2) is 6.27. The van der Waals surface area contributed by atoms with E-state index >= 15 is 0 Å². The van der Waals surface area contributed by atoms with Crippen LogP contribution in [0.5, 0.6) is 0 Å². The predicted molar refractivity (Wildman–Crippen MR) is 71.1 cm³/mol. The molecule has 0 atom stereocenters. The van der Waals surface area contributed by atoms with Gasteiger partial charge in [-0.25, -0.2) is 9.50 Å². The molecule has 2 heterocycles. The summed E-state index contributed by atoms with van der Waals surface area (Å²) < 4.78 is 44.4. The zero-order valence-electron chi connectivity index (χ0n) is 11.5. The number of methoxy groups -OCH3 is 1. The third-order valence-corrected chi connectivity index (χ3v) is 2.92. The van der Waals surface area contributed by atoms with Gasteiger partial charge in [-0.15, -0.1) is 0 Å². The topological polar surface area (TPSA) is 68.7 Å². The van der Waals surface area contributed by atoms with E-state index in [0.717, 1.165) is 6.07 Å². The van der Waals surface area contributed by atoms with Crippen LogP contribution >= 0.6 is 0 Å². The van der Waals surface area contributed by atoms with Crippen LogP contribution in [0.3, 0.4) is 0 Å². The molecule has 0 unspecified atom stereocenters. The second-order valence-electron chi connectivity index (χ2n) is 4.38. The first-order valence-corrected chi connectivity index (χ1v) is 6.33. The van der Waals surface area contributed by atoms with E-state index in [9.17, 15) is 13.2 Å². The van der Waals surface area contributed by atoms with Crippen molar-refractivity contribution in [1.82, 2.24) is 14.6 Å². The molecule has 21 heavy (non-hydrogen) atoms. The molecule has 0 aliphatic heterocycles. The van der Waals surface area contributed by atoms with Crippen molar-refractivity contribution in [2.75, 3.05) is 38.3 Å². The molecule has 0 aromatic carbocycles. The summed E-state index contributed by atoms with van der Waals surface area (Å²) in [6.07, 6.45) is -1.70. The van der Waals surface area contributed by atoms with Gasteiger partial charge in [0.25, 0.3) is 0 Å². The second-order valence-corrected chi connectivity index (χ2v) is 4.38. The molecule has 0 radical (unpaired) electrons. The van der Waals surface area contributed by atoms with Crippen LogP contribution in [0.4, 0.5) is 19.0 Å². The molecule has 0 saturated carbocycles. The highest BCUT2D eigenvalue weighted by atomic mass is 19.4. The number of rotatable bonds is 6. The Morgan fingerprint density at radius 3 is 2.76 bits per heavy atom. The van der Waals surface area contributed by atoms with Crippen molar-refractivity contribution in [2.45, 2.75) is 6.18 Å². The lowest BCUT2D eigenvalue weighted by Crippen LogP contribution is -2.33. The number of nitrogens with two attached hydrogens (primary N) is 1. The maximum absolute atomic E-state index is 12.8. The number of aromatic nitrogens is 3. The van der Waals surface area contributed by atoms with Crippen LogP contribution in [0.15, 0.2) is 18.5 Å². The molecule has 0 spiro atoms. The minimum Gasteiger partial charge on any atom is -0.383 e. The Morgan fingerprint density at radius 1 is 1.38 bits per heavy atom. The number of alkyl halides is 3. The summed E-state index contributed by atoms with van der Waals surface area (Å²) in [5, 5.41) is 3.53. The number of fused-ring (bicyclic) bond motifs is 1. The Morgan fingerprint density at radius 2 is 2.14 bits per heavy atom. The Hall–Kier alpha value is -1.87. The fourth-order valence-electron chi connectivity index (χ4n) is 1.97. The maximum Gasteiger partial charge on any atom is 0.435 e. The number of anilines is 1. The van der Waals surface area contributed by atoms with Crippen LogP contribution in [0.1, 0.15) is 5.69 Å². The van der Waals surface area contributed by atoms with Gasteiger partial charge in [-0.05, 0) is 0 Å². The minimum atomic E-state index is -4.49. The number of halogens is 3. The van der Waals surface area contributed by atoms with Crippen molar-refractivity contribution in [2.24, 2.45) is 5.73 Å². The molecule has 0 aliphatic rings. The predicted octanol–water partition coefficient (Wildman–Crippen LogP) is 1.16. The van der Waals surface area contributed by atoms with E-state index in [4.69, 9.17) is 10.5 Å². The first-order valence-electron chi connectivity index (χ1n) is 6.33. The summed E-state index contributed by atoms with van der Waals surface area (Å²) in [6.45, 7) is 1.71. The average molecular weight is 303 g/mol. The molecule has 0 amide bonds. The van der Waals surface area contributed by atoms with Crippen LogP contribution in [0, 0.1) is 0 Å². The van der Waals surface area contributed by atoms with Crippen molar-refractivity contribution in [3.05, 3.63) is 24.2 Å². The van der Waals surface area contributed by atoms with Gasteiger partial charge in [0, 0.05) is 45.2 Å². The molecule has 6 nitrogen and oxygen atoms in total. The summed E-state index contributed by atoms with van der Waals surface area (Å²) in [6, 6.07) is 0.985. The van der Waals surface area contributed by atoms with Crippen LogP contribution in [0.25, 0.3) is 5.52 Å². The van der Waals surface area contributed by atoms with Gasteiger partial charge in [-0.2, -0.15) is 18.3 Å². The Kier molecular flexibility index (Phi) is 4.63. The van der Waals surface area contributed by atoms with Gasteiger partial charge in [-0.3, -0.25) is 0 Å². The normalized spacial score (nSPS) is 12.0. The van der Waals surface area contributed by atoms with E-state index in [1.807, 2.05) is 0 Å². The third kappa shape index (κ3) is 3.42. The maximum atomic E-state index is 12.8. The Bertz CT molecular complexity index is 598. The lowest BCUT2D eigenvalue weighted by atomic mass is 10.3. The van der Waals surface area contributed by atoms with Crippen LogP contribution in [0.2, 0.25) is 0 Å². The van der Waals surface area contributed by atoms with Crippen molar-refractivity contribution >= 4 is 11.3 Å². The smallest absolute Gasteiger partial charge is 0.383 e. The summed E-state index contributed by atoms with van der Waals surface area (Å²) in [5.41, 5.74) is 4.88. The number of hydrogen-bond donors (Lipinski definition) is 1. The number of nitrogens with zero attached hydrogens (tertiary/aromatic N) is 4. The van der Waals surface area contributed by atoms with Crippen LogP contribution in [-0.2, 0) is 10.9 Å². The SMILES string of the molecule is COCCN(CCN)c1nccn2nc(C(F)(F)F)cc12. The van der Waals surface area contributed by atoms with Gasteiger partial charge < -0.3 is 15.4 Å². The summed E-state index contributed by atoms with van der Waals surface area (Å²) in [7, 11) is 1.55. The monoisotopic (exact) mass is 303 g/mol. The molecule has 116 valence electrons. The molecular weight excluding hydrogens is 287 g/mol. The van der Waals surface area contributed by atoms with Gasteiger partial charge in [0.1, 0.15) is 5.52 Å². The van der Waals surface area contributed by atoms with E-state index in [1.165, 1.54) is 16.9 Å². The van der Waals surface area contributed by atoms with Crippen LogP contribution in [-0.4, -0.2) is 47.9 Å². The summed E-state index contributed by atoms with van der Waals surface area (Å²) in [5.74, 6) is 0.406. The number of hydrogen-bond acceptors (Lipinski definition) is 5. The van der Waals surface area contributed by atoms with Crippen molar-refractivity contribution < 1.29 is 17.9 Å². The Labute approximate surface area is 119 Å². The highest BCUT2D eigenvalue weighted by Crippen LogP contribution is 2.30. The zero-order valence-corrected chi connectivity index (χ0v) is 11.5. The molecule has 2 aromatic rings. The molecule has 0 fully saturated rings. The first kappa shape index (κ1) is 15.5. The van der Waals surface area contributed by atoms with Gasteiger partial charge in [0.05, 0.1) is 6.61 Å². The standard InChI is InChI=1S/C12H16F3N5O/c1-21-7-6-19(4-2-16)11-9-8-10(12(13,14)15)18-20(9)5-3-17-11/h3,5,8H,2,4,6-7,16H2,1H3. The van der Waals surface area contributed by atoms with Gasteiger partial charge in [0.2, 0.25) is 0 Å². The van der Waals surface area contributed by atoms with E-state index in [0.29, 0.717) is 32.1 Å². The zero-order chi connectivity index (χ0) is 15.5. The average Bonchev–Trinajstić information content (AvgIpc) is 2.87. The highest BCUT2D eigenvalue weighted by Gasteiger charge is 2.34. The number of ether oxygens (including phenoxy) is 1. The fourth-order valence-corrected chi connectivity index (χ4v) is 1.97. The van der Waals surface area contributed by atoms with E-state index in [-0.39, 0.29) is 5.52 Å². The van der Waals surface area contributed by atoms with Gasteiger partial charge >= 0.3 is 6.18 Å². The molecule has 0 saturated heterocycles. The van der Waals surface area contributed by atoms with E-state index in [2.05, 4.69) is 10.1 Å². The van der Waals surface area contributed by atoms with Crippen LogP contribution < -0.4 is 10.6 Å². The lowest BCUT2D eigenvalue weighted by molar-refractivity contribution is -0.141. The van der Waals surface area contributed by atoms with E-state index in [1.54, 1.807) is 12.0 Å². The van der Waals surface area contributed by atoms with Gasteiger partial charge in [-0.1, -0.05) is 0 Å². The van der Waals surface area contributed by atoms with Crippen molar-refractivity contribution in [3.63, 3.8) is 0 Å². The molecule has 0 aliphatic carbocycles. The summed E-state index contributed by atoms with van der Waals surface area (Å²) >= 11 is 0. The highest BCUT2D eigenvalue weighted by molar-refractivity contribution is 5.69. The molecular formula is C12H16F3N5O. The first-order chi connectivity index (χ1) is 9.97. The quantitative estimate of drug-likeness (QED) is 0.867. The molecule has 2 aromatic heterocycles. The van der Waals surface area contributed by atoms with E-state index < -0.39 is 11.9 Å². The van der Waals surface area contributed by atoms with Crippen molar-refractivity contribution in [3.8, 4) is 0 Å². The lowest BCUT2D eigenvalue weighted by Gasteiger charge is -2.23. The van der Waals surface area contributed by atoms with Gasteiger partial charge in [0.15, 0.2) is 11.5 Å². The molecule has 2 rings (SSSR count). The molecule has 0 bridgehead atoms. The van der Waals surface area contributed by atoms with Crippen molar-refractivity contribution in [1.29, 1.82) is 0 Å². The molecule has 9 heteroatoms. The minimum absolute atomic E-state index is 0.286. The Balaban J connectivity index is 2.44.